The molecule has 1 saturated heterocycles. The maximum absolute atomic E-state index is 12.9. The maximum Gasteiger partial charge on any atom is 0.265 e. The summed E-state index contributed by atoms with van der Waals surface area (Å²) in [6, 6.07) is 9.76. The second kappa shape index (κ2) is 8.73. The van der Waals surface area contributed by atoms with Gasteiger partial charge in [0.15, 0.2) is 9.84 Å². The summed E-state index contributed by atoms with van der Waals surface area (Å²) < 4.78 is 56.6. The second-order valence-electron chi connectivity index (χ2n) is 7.12. The summed E-state index contributed by atoms with van der Waals surface area (Å²) >= 11 is 0. The van der Waals surface area contributed by atoms with Gasteiger partial charge < -0.3 is 20.5 Å². The molecule has 10 nitrogen and oxygen atoms in total. The molecule has 1 aliphatic heterocycles. The minimum absolute atomic E-state index is 0.108. The van der Waals surface area contributed by atoms with E-state index in [1.807, 2.05) is 0 Å². The first-order chi connectivity index (χ1) is 14.5. The third-order valence-electron chi connectivity index (χ3n) is 4.59. The van der Waals surface area contributed by atoms with Crippen molar-refractivity contribution < 1.29 is 31.5 Å². The zero-order valence-electron chi connectivity index (χ0n) is 16.8. The predicted molar refractivity (Wildman–Crippen MR) is 117 cm³/mol. The molecule has 0 aliphatic carbocycles. The molecule has 0 saturated carbocycles. The number of methoxy groups -OCH3 is 1. The van der Waals surface area contributed by atoms with E-state index in [1.165, 1.54) is 44.4 Å². The Bertz CT molecular complexity index is 1180. The first-order valence-corrected chi connectivity index (χ1v) is 12.5. The Kier molecular flexibility index (Phi) is 6.43. The molecule has 12 heteroatoms. The van der Waals surface area contributed by atoms with Gasteiger partial charge in [0.25, 0.3) is 10.0 Å². The number of nitrogens with one attached hydrogen (secondary N) is 3. The summed E-state index contributed by atoms with van der Waals surface area (Å²) in [5, 5.41) is 15.3. The van der Waals surface area contributed by atoms with Gasteiger partial charge in [-0.1, -0.05) is 0 Å². The minimum Gasteiger partial charge on any atom is -0.495 e. The minimum atomic E-state index is -4.04. The molecule has 0 aromatic heterocycles. The van der Waals surface area contributed by atoms with Gasteiger partial charge in [0.1, 0.15) is 10.6 Å². The largest absolute Gasteiger partial charge is 0.495 e. The van der Waals surface area contributed by atoms with Gasteiger partial charge in [-0.05, 0) is 42.5 Å². The van der Waals surface area contributed by atoms with Crippen molar-refractivity contribution in [2.24, 2.45) is 0 Å². The highest BCUT2D eigenvalue weighted by Crippen LogP contribution is 2.29. The Labute approximate surface area is 180 Å². The maximum atomic E-state index is 12.9. The van der Waals surface area contributed by atoms with Crippen LogP contribution in [-0.2, 0) is 24.7 Å². The topological polar surface area (TPSA) is 151 Å². The molecule has 2 atom stereocenters. The third kappa shape index (κ3) is 5.66. The molecule has 2 aromatic rings. The first-order valence-electron chi connectivity index (χ1n) is 9.22. The molecule has 2 aromatic carbocycles. The van der Waals surface area contributed by atoms with Crippen LogP contribution in [0.15, 0.2) is 47.4 Å². The standard InChI is InChI=1S/C19H23N3O7S2/c1-12(23)20-15-7-8-18(29-2)19(9-15)31(27,28)22-14-5-3-13(4-6-14)21-16-10-30(25,26)11-17(16)24/h3-9,16-17,21-22,24H,10-11H2,1-2H3,(H,20,23)/t16-,17-/m1/s1. The second-order valence-corrected chi connectivity index (χ2v) is 10.9. The molecule has 1 heterocycles. The van der Waals surface area contributed by atoms with E-state index in [4.69, 9.17) is 4.74 Å². The number of sulfone groups is 1. The van der Waals surface area contributed by atoms with Crippen LogP contribution in [-0.4, -0.2) is 58.6 Å². The Balaban J connectivity index is 1.77. The highest BCUT2D eigenvalue weighted by atomic mass is 32.2. The molecule has 0 spiro atoms. The zero-order chi connectivity index (χ0) is 22.8. The fraction of sp³-hybridized carbons (Fsp3) is 0.316. The number of aliphatic hydroxyl groups is 1. The van der Waals surface area contributed by atoms with Crippen molar-refractivity contribution >= 4 is 42.8 Å². The van der Waals surface area contributed by atoms with Crippen LogP contribution in [0.1, 0.15) is 6.92 Å². The summed E-state index contributed by atoms with van der Waals surface area (Å²) in [6.45, 7) is 1.31. The number of carbonyl (C=O) groups is 1. The van der Waals surface area contributed by atoms with Gasteiger partial charge in [0.05, 0.1) is 30.8 Å². The lowest BCUT2D eigenvalue weighted by Gasteiger charge is -2.17. The van der Waals surface area contributed by atoms with Gasteiger partial charge in [-0.25, -0.2) is 16.8 Å². The number of sulfonamides is 1. The number of hydrogen-bond donors (Lipinski definition) is 4. The van der Waals surface area contributed by atoms with Crippen molar-refractivity contribution in [1.82, 2.24) is 0 Å². The van der Waals surface area contributed by atoms with Gasteiger partial charge in [-0.2, -0.15) is 0 Å². The quantitative estimate of drug-likeness (QED) is 0.469. The lowest BCUT2D eigenvalue weighted by molar-refractivity contribution is -0.114. The summed E-state index contributed by atoms with van der Waals surface area (Å²) in [7, 11) is -5.99. The summed E-state index contributed by atoms with van der Waals surface area (Å²) in [6.07, 6.45) is -1.01. The fourth-order valence-electron chi connectivity index (χ4n) is 3.19. The molecule has 1 aliphatic rings. The van der Waals surface area contributed by atoms with Crippen LogP contribution in [0.4, 0.5) is 17.1 Å². The average molecular weight is 470 g/mol. The van der Waals surface area contributed by atoms with Crippen molar-refractivity contribution in [3.63, 3.8) is 0 Å². The average Bonchev–Trinajstić information content (AvgIpc) is 2.94. The van der Waals surface area contributed by atoms with Gasteiger partial charge in [-0.15, -0.1) is 0 Å². The smallest absolute Gasteiger partial charge is 0.265 e. The lowest BCUT2D eigenvalue weighted by Crippen LogP contribution is -2.31. The third-order valence-corrected chi connectivity index (χ3v) is 7.70. The number of amides is 1. The molecule has 0 bridgehead atoms. The van der Waals surface area contributed by atoms with Gasteiger partial charge in [0, 0.05) is 24.0 Å². The molecule has 31 heavy (non-hydrogen) atoms. The van der Waals surface area contributed by atoms with Crippen LogP contribution in [0.3, 0.4) is 0 Å². The molecular formula is C19H23N3O7S2. The van der Waals surface area contributed by atoms with Crippen LogP contribution in [0.25, 0.3) is 0 Å². The molecule has 4 N–H and O–H groups in total. The molecule has 0 unspecified atom stereocenters. The van der Waals surface area contributed by atoms with Crippen molar-refractivity contribution in [1.29, 1.82) is 0 Å². The summed E-state index contributed by atoms with van der Waals surface area (Å²) in [5.41, 5.74) is 1.10. The number of carbonyl (C=O) groups excluding carboxylic acids is 1. The van der Waals surface area contributed by atoms with E-state index in [2.05, 4.69) is 15.4 Å². The Morgan fingerprint density at radius 1 is 1.06 bits per heavy atom. The van der Waals surface area contributed by atoms with Crippen molar-refractivity contribution in [2.45, 2.75) is 24.0 Å². The number of hydrogen-bond acceptors (Lipinski definition) is 8. The van der Waals surface area contributed by atoms with Crippen LogP contribution < -0.4 is 20.1 Å². The van der Waals surface area contributed by atoms with E-state index < -0.39 is 32.0 Å². The molecule has 1 fully saturated rings. The van der Waals surface area contributed by atoms with Crippen molar-refractivity contribution in [3.05, 3.63) is 42.5 Å². The Morgan fingerprint density at radius 3 is 2.23 bits per heavy atom. The number of anilines is 3. The number of ether oxygens (including phenoxy) is 1. The van der Waals surface area contributed by atoms with Crippen LogP contribution in [0.2, 0.25) is 0 Å². The molecule has 168 valence electrons. The van der Waals surface area contributed by atoms with Crippen LogP contribution in [0.5, 0.6) is 5.75 Å². The molecule has 1 amide bonds. The van der Waals surface area contributed by atoms with Gasteiger partial charge in [-0.3, -0.25) is 9.52 Å². The van der Waals surface area contributed by atoms with Crippen molar-refractivity contribution in [3.8, 4) is 5.75 Å². The lowest BCUT2D eigenvalue weighted by atomic mass is 10.2. The van der Waals surface area contributed by atoms with E-state index in [0.29, 0.717) is 11.4 Å². The molecular weight excluding hydrogens is 446 g/mol. The van der Waals surface area contributed by atoms with Crippen LogP contribution in [0, 0.1) is 0 Å². The normalized spacial score (nSPS) is 20.1. The van der Waals surface area contributed by atoms with E-state index in [1.54, 1.807) is 12.1 Å². The van der Waals surface area contributed by atoms with Gasteiger partial charge >= 0.3 is 0 Å². The monoisotopic (exact) mass is 469 g/mol. The number of rotatable bonds is 7. The zero-order valence-corrected chi connectivity index (χ0v) is 18.5. The van der Waals surface area contributed by atoms with Crippen molar-refractivity contribution in [2.75, 3.05) is 34.0 Å². The molecule has 0 radical (unpaired) electrons. The van der Waals surface area contributed by atoms with E-state index in [0.717, 1.165) is 0 Å². The molecule has 3 rings (SSSR count). The Morgan fingerprint density at radius 2 is 1.68 bits per heavy atom. The summed E-state index contributed by atoms with van der Waals surface area (Å²) in [4.78, 5) is 11.1. The highest BCUT2D eigenvalue weighted by molar-refractivity contribution is 7.93. The Hall–Kier alpha value is -2.83. The van der Waals surface area contributed by atoms with Crippen LogP contribution >= 0.6 is 0 Å². The SMILES string of the molecule is COc1ccc(NC(C)=O)cc1S(=O)(=O)Nc1ccc(N[C@@H]2CS(=O)(=O)C[C@H]2O)cc1. The summed E-state index contributed by atoms with van der Waals surface area (Å²) in [5.74, 6) is -0.699. The number of benzene rings is 2. The highest BCUT2D eigenvalue weighted by Gasteiger charge is 2.36. The van der Waals surface area contributed by atoms with E-state index in [9.17, 15) is 26.7 Å². The number of aliphatic hydroxyl groups excluding tert-OH is 1. The first kappa shape index (κ1) is 22.8. The van der Waals surface area contributed by atoms with E-state index in [-0.39, 0.29) is 33.7 Å². The van der Waals surface area contributed by atoms with Gasteiger partial charge in [0.2, 0.25) is 5.91 Å². The van der Waals surface area contributed by atoms with E-state index >= 15 is 0 Å². The predicted octanol–water partition coefficient (Wildman–Crippen LogP) is 1.02. The fourth-order valence-corrected chi connectivity index (χ4v) is 6.19.